The Balaban J connectivity index is 2.25. The van der Waals surface area contributed by atoms with Gasteiger partial charge in [-0.3, -0.25) is 4.79 Å². The van der Waals surface area contributed by atoms with E-state index in [9.17, 15) is 4.79 Å². The van der Waals surface area contributed by atoms with E-state index in [1.807, 2.05) is 0 Å². The number of amides is 1. The zero-order valence-electron chi connectivity index (χ0n) is 9.15. The fraction of sp³-hybridized carbons (Fsp3) is 0. The fourth-order valence-corrected chi connectivity index (χ4v) is 2.13. The van der Waals surface area contributed by atoms with Crippen LogP contribution >= 0.6 is 27.5 Å². The molecule has 1 aromatic heterocycles. The fourth-order valence-electron chi connectivity index (χ4n) is 1.37. The Hall–Kier alpha value is -1.59. The summed E-state index contributed by atoms with van der Waals surface area (Å²) in [7, 11) is 0. The van der Waals surface area contributed by atoms with E-state index in [1.54, 1.807) is 36.5 Å². The molecule has 18 heavy (non-hydrogen) atoms. The van der Waals surface area contributed by atoms with Crippen molar-refractivity contribution in [1.82, 2.24) is 4.98 Å². The van der Waals surface area contributed by atoms with Crippen molar-refractivity contribution in [2.75, 3.05) is 11.1 Å². The van der Waals surface area contributed by atoms with Crippen LogP contribution in [0.2, 0.25) is 5.02 Å². The van der Waals surface area contributed by atoms with Crippen LogP contribution in [-0.2, 0) is 0 Å². The molecule has 0 aliphatic carbocycles. The van der Waals surface area contributed by atoms with Gasteiger partial charge in [-0.05, 0) is 30.3 Å². The Kier molecular flexibility index (Phi) is 3.84. The molecule has 2 aromatic rings. The number of rotatable bonds is 2. The van der Waals surface area contributed by atoms with Gasteiger partial charge < -0.3 is 11.1 Å². The molecule has 4 nitrogen and oxygen atoms in total. The van der Waals surface area contributed by atoms with Crippen LogP contribution in [0.4, 0.5) is 11.5 Å². The molecular weight excluding hydrogens is 318 g/mol. The van der Waals surface area contributed by atoms with Gasteiger partial charge in [-0.25, -0.2) is 4.98 Å². The average molecular weight is 327 g/mol. The monoisotopic (exact) mass is 325 g/mol. The van der Waals surface area contributed by atoms with Crippen molar-refractivity contribution in [3.8, 4) is 0 Å². The molecule has 1 aromatic carbocycles. The van der Waals surface area contributed by atoms with Gasteiger partial charge in [-0.2, -0.15) is 0 Å². The van der Waals surface area contributed by atoms with Gasteiger partial charge in [0.15, 0.2) is 5.82 Å². The van der Waals surface area contributed by atoms with Crippen LogP contribution in [0.25, 0.3) is 0 Å². The molecule has 92 valence electrons. The zero-order valence-corrected chi connectivity index (χ0v) is 11.5. The number of benzene rings is 1. The van der Waals surface area contributed by atoms with Crippen LogP contribution in [0.1, 0.15) is 10.4 Å². The predicted molar refractivity (Wildman–Crippen MR) is 75.8 cm³/mol. The minimum absolute atomic E-state index is 0.321. The lowest BCUT2D eigenvalue weighted by Crippen LogP contribution is -2.14. The summed E-state index contributed by atoms with van der Waals surface area (Å²) in [6, 6.07) is 8.37. The van der Waals surface area contributed by atoms with Gasteiger partial charge in [0.2, 0.25) is 0 Å². The van der Waals surface area contributed by atoms with Crippen molar-refractivity contribution in [3.05, 3.63) is 51.6 Å². The minimum atomic E-state index is -0.349. The number of carbonyl (C=O) groups is 1. The normalized spacial score (nSPS) is 10.1. The first-order valence-corrected chi connectivity index (χ1v) is 6.22. The summed E-state index contributed by atoms with van der Waals surface area (Å²) in [6.07, 6.45) is 1.55. The van der Waals surface area contributed by atoms with Crippen LogP contribution in [0, 0.1) is 0 Å². The summed E-state index contributed by atoms with van der Waals surface area (Å²) < 4.78 is 0.807. The van der Waals surface area contributed by atoms with E-state index in [0.717, 1.165) is 4.47 Å². The summed E-state index contributed by atoms with van der Waals surface area (Å²) >= 11 is 9.26. The van der Waals surface area contributed by atoms with E-state index in [0.29, 0.717) is 22.1 Å². The van der Waals surface area contributed by atoms with Gasteiger partial charge in [-0.1, -0.05) is 27.5 Å². The quantitative estimate of drug-likeness (QED) is 0.889. The molecular formula is C12H9BrClN3O. The number of hydrogen-bond donors (Lipinski definition) is 2. The van der Waals surface area contributed by atoms with Crippen LogP contribution in [0.3, 0.4) is 0 Å². The highest BCUT2D eigenvalue weighted by atomic mass is 79.9. The molecule has 1 heterocycles. The van der Waals surface area contributed by atoms with Gasteiger partial charge in [0.05, 0.1) is 16.3 Å². The Bertz CT molecular complexity index is 604. The van der Waals surface area contributed by atoms with Gasteiger partial charge >= 0.3 is 0 Å². The topological polar surface area (TPSA) is 68.0 Å². The second kappa shape index (κ2) is 5.37. The van der Waals surface area contributed by atoms with Crippen molar-refractivity contribution in [2.45, 2.75) is 0 Å². The summed E-state index contributed by atoms with van der Waals surface area (Å²) in [6.45, 7) is 0. The minimum Gasteiger partial charge on any atom is -0.396 e. The van der Waals surface area contributed by atoms with Crippen LogP contribution < -0.4 is 11.1 Å². The molecule has 0 radical (unpaired) electrons. The molecule has 6 heteroatoms. The Morgan fingerprint density at radius 2 is 2.17 bits per heavy atom. The standard InChI is InChI=1S/C12H9BrClN3O/c13-7-3-4-8(9(14)6-7)12(18)17-11-10(15)2-1-5-16-11/h1-6H,15H2,(H,16,17,18). The van der Waals surface area contributed by atoms with Gasteiger partial charge in [0, 0.05) is 10.7 Å². The molecule has 0 spiro atoms. The highest BCUT2D eigenvalue weighted by molar-refractivity contribution is 9.10. The van der Waals surface area contributed by atoms with Crippen molar-refractivity contribution < 1.29 is 4.79 Å². The first-order valence-electron chi connectivity index (χ1n) is 5.05. The number of nitrogens with one attached hydrogen (secondary N) is 1. The molecule has 0 fully saturated rings. The highest BCUT2D eigenvalue weighted by Gasteiger charge is 2.12. The zero-order chi connectivity index (χ0) is 13.1. The molecule has 0 bridgehead atoms. The molecule has 3 N–H and O–H groups in total. The largest absolute Gasteiger partial charge is 0.396 e. The summed E-state index contributed by atoms with van der Waals surface area (Å²) in [4.78, 5) is 16.0. The van der Waals surface area contributed by atoms with Gasteiger partial charge in [0.25, 0.3) is 5.91 Å². The number of nitrogens with two attached hydrogens (primary N) is 1. The van der Waals surface area contributed by atoms with Gasteiger partial charge in [-0.15, -0.1) is 0 Å². The summed E-state index contributed by atoms with van der Waals surface area (Å²) in [5, 5.41) is 2.97. The number of nitrogen functional groups attached to an aromatic ring is 1. The molecule has 2 rings (SSSR count). The van der Waals surface area contributed by atoms with Crippen molar-refractivity contribution in [2.24, 2.45) is 0 Å². The molecule has 0 aliphatic heterocycles. The van der Waals surface area contributed by atoms with E-state index in [4.69, 9.17) is 17.3 Å². The van der Waals surface area contributed by atoms with Crippen LogP contribution in [0.5, 0.6) is 0 Å². The lowest BCUT2D eigenvalue weighted by Gasteiger charge is -2.08. The van der Waals surface area contributed by atoms with E-state index in [2.05, 4.69) is 26.2 Å². The van der Waals surface area contributed by atoms with Crippen molar-refractivity contribution >= 4 is 44.9 Å². The third-order valence-corrected chi connectivity index (χ3v) is 3.05. The lowest BCUT2D eigenvalue weighted by atomic mass is 10.2. The number of nitrogens with zero attached hydrogens (tertiary/aromatic N) is 1. The van der Waals surface area contributed by atoms with E-state index in [-0.39, 0.29) is 5.91 Å². The third-order valence-electron chi connectivity index (χ3n) is 2.25. The van der Waals surface area contributed by atoms with Crippen molar-refractivity contribution in [3.63, 3.8) is 0 Å². The molecule has 0 saturated carbocycles. The van der Waals surface area contributed by atoms with Crippen LogP contribution in [-0.4, -0.2) is 10.9 Å². The Labute approximate surface area is 117 Å². The molecule has 0 atom stereocenters. The Morgan fingerprint density at radius 3 is 2.83 bits per heavy atom. The van der Waals surface area contributed by atoms with Crippen molar-refractivity contribution in [1.29, 1.82) is 0 Å². The maximum atomic E-state index is 12.0. The first kappa shape index (κ1) is 12.9. The SMILES string of the molecule is Nc1cccnc1NC(=O)c1ccc(Br)cc1Cl. The number of aromatic nitrogens is 1. The lowest BCUT2D eigenvalue weighted by molar-refractivity contribution is 0.102. The molecule has 0 unspecified atom stereocenters. The number of hydrogen-bond acceptors (Lipinski definition) is 3. The third kappa shape index (κ3) is 2.80. The molecule has 0 saturated heterocycles. The number of pyridine rings is 1. The summed E-state index contributed by atoms with van der Waals surface area (Å²) in [5.74, 6) is -0.0283. The molecule has 1 amide bonds. The predicted octanol–water partition coefficient (Wildman–Crippen LogP) is 3.33. The first-order chi connectivity index (χ1) is 8.58. The smallest absolute Gasteiger partial charge is 0.258 e. The van der Waals surface area contributed by atoms with E-state index < -0.39 is 0 Å². The van der Waals surface area contributed by atoms with Gasteiger partial charge in [0.1, 0.15) is 0 Å². The number of halogens is 2. The number of anilines is 2. The maximum Gasteiger partial charge on any atom is 0.258 e. The highest BCUT2D eigenvalue weighted by Crippen LogP contribution is 2.23. The molecule has 0 aliphatic rings. The maximum absolute atomic E-state index is 12.0. The van der Waals surface area contributed by atoms with E-state index in [1.165, 1.54) is 0 Å². The van der Waals surface area contributed by atoms with Crippen LogP contribution in [0.15, 0.2) is 41.0 Å². The second-order valence-electron chi connectivity index (χ2n) is 3.52. The van der Waals surface area contributed by atoms with E-state index >= 15 is 0 Å². The number of carbonyl (C=O) groups excluding carboxylic acids is 1. The second-order valence-corrected chi connectivity index (χ2v) is 4.84. The Morgan fingerprint density at radius 1 is 1.39 bits per heavy atom. The summed E-state index contributed by atoms with van der Waals surface area (Å²) in [5.41, 5.74) is 6.46. The average Bonchev–Trinajstić information content (AvgIpc) is 2.32.